The Kier molecular flexibility index (Phi) is 4.81. The number of pyridine rings is 1. The Bertz CT molecular complexity index is 1010. The van der Waals surface area contributed by atoms with Gasteiger partial charge in [-0.3, -0.25) is 15.1 Å². The summed E-state index contributed by atoms with van der Waals surface area (Å²) in [6.07, 6.45) is 5.44. The van der Waals surface area contributed by atoms with E-state index in [9.17, 15) is 20.5 Å². The van der Waals surface area contributed by atoms with Gasteiger partial charge < -0.3 is 17.7 Å². The van der Waals surface area contributed by atoms with Crippen molar-refractivity contribution in [2.45, 2.75) is 37.5 Å². The van der Waals surface area contributed by atoms with E-state index in [2.05, 4.69) is 11.1 Å². The van der Waals surface area contributed by atoms with E-state index in [1.807, 2.05) is 36.0 Å². The van der Waals surface area contributed by atoms with Crippen LogP contribution in [0.25, 0.3) is 0 Å². The minimum atomic E-state index is -1.42. The van der Waals surface area contributed by atoms with Crippen LogP contribution in [-0.2, 0) is 12.6 Å². The van der Waals surface area contributed by atoms with Gasteiger partial charge in [0.25, 0.3) is 5.69 Å². The summed E-state index contributed by atoms with van der Waals surface area (Å²) in [6, 6.07) is 11.7. The van der Waals surface area contributed by atoms with Crippen LogP contribution >= 0.6 is 0 Å². The summed E-state index contributed by atoms with van der Waals surface area (Å²) in [5, 5.41) is 32.8. The molecule has 0 saturated heterocycles. The normalized spacial score (nSPS) is 29.0. The van der Waals surface area contributed by atoms with Gasteiger partial charge in [-0.15, -0.1) is 0 Å². The van der Waals surface area contributed by atoms with Gasteiger partial charge in [-0.2, -0.15) is 9.83 Å². The molecule has 7 nitrogen and oxygen atoms in total. The molecule has 8 heteroatoms. The van der Waals surface area contributed by atoms with E-state index >= 15 is 0 Å². The first-order valence-electron chi connectivity index (χ1n) is 9.45. The van der Waals surface area contributed by atoms with Crippen molar-refractivity contribution >= 4 is 23.4 Å². The smallest absolute Gasteiger partial charge is 0.269 e. The molecule has 148 valence electrons. The standard InChI is InChI=1S/C21H20N4O3S/c1-13-8-10-24(11-9-13)19-18(14-2-6-16(7-3-14)25(27)28)17(12-22)20(29)23-21(19,26)15-4-5-15/h2-3,6-11,15,17-19,26H,4-5H2,1H3/t17-,18-,19-,21+/m1/s1. The SMILES string of the molecule is Cc1cc[n+]([C@@H]2[C@H](c3ccc([N+](=O)[O-])cc3)[C@@H](C#N)C([S-])=N[C@]2(O)C2CC2)cc1. The number of aromatic nitrogens is 1. The third kappa shape index (κ3) is 3.37. The van der Waals surface area contributed by atoms with Gasteiger partial charge in [0, 0.05) is 30.2 Å². The van der Waals surface area contributed by atoms with Gasteiger partial charge in [0.1, 0.15) is 0 Å². The van der Waals surface area contributed by atoms with Crippen LogP contribution < -0.4 is 4.57 Å². The molecule has 2 aliphatic rings. The Balaban J connectivity index is 1.90. The number of nitriles is 1. The molecule has 2 heterocycles. The molecule has 2 aromatic rings. The number of aliphatic imine (C=N–C) groups is 1. The van der Waals surface area contributed by atoms with E-state index in [4.69, 9.17) is 12.6 Å². The van der Waals surface area contributed by atoms with E-state index in [0.29, 0.717) is 0 Å². The molecule has 1 N–H and O–H groups in total. The summed E-state index contributed by atoms with van der Waals surface area (Å²) >= 11 is 5.42. The number of rotatable bonds is 4. The Morgan fingerprint density at radius 3 is 2.41 bits per heavy atom. The highest BCUT2D eigenvalue weighted by Crippen LogP contribution is 2.53. The highest BCUT2D eigenvalue weighted by atomic mass is 32.1. The Morgan fingerprint density at radius 2 is 1.90 bits per heavy atom. The molecule has 1 aliphatic heterocycles. The van der Waals surface area contributed by atoms with Gasteiger partial charge in [0.2, 0.25) is 11.8 Å². The molecular formula is C21H20N4O3S. The lowest BCUT2D eigenvalue weighted by molar-refractivity contribution is -0.742. The van der Waals surface area contributed by atoms with Crippen molar-refractivity contribution in [1.29, 1.82) is 5.26 Å². The topological polar surface area (TPSA) is 103 Å². The van der Waals surface area contributed by atoms with E-state index < -0.39 is 28.5 Å². The number of non-ortho nitro benzene ring substituents is 1. The molecule has 1 aliphatic carbocycles. The molecular weight excluding hydrogens is 388 g/mol. The quantitative estimate of drug-likeness (QED) is 0.363. The van der Waals surface area contributed by atoms with Crippen LogP contribution in [0.1, 0.15) is 35.9 Å². The first-order valence-corrected chi connectivity index (χ1v) is 9.86. The second-order valence-corrected chi connectivity index (χ2v) is 8.17. The van der Waals surface area contributed by atoms with Crippen LogP contribution in [0.4, 0.5) is 5.69 Å². The molecule has 0 unspecified atom stereocenters. The van der Waals surface area contributed by atoms with Crippen molar-refractivity contribution in [2.75, 3.05) is 0 Å². The lowest BCUT2D eigenvalue weighted by atomic mass is 9.73. The maximum Gasteiger partial charge on any atom is 0.269 e. The lowest BCUT2D eigenvalue weighted by Gasteiger charge is -2.43. The second kappa shape index (κ2) is 7.17. The van der Waals surface area contributed by atoms with E-state index in [0.717, 1.165) is 24.0 Å². The first-order chi connectivity index (χ1) is 13.8. The van der Waals surface area contributed by atoms with E-state index in [1.54, 1.807) is 12.1 Å². The van der Waals surface area contributed by atoms with Crippen LogP contribution in [0.5, 0.6) is 0 Å². The zero-order chi connectivity index (χ0) is 20.8. The first kappa shape index (κ1) is 19.4. The zero-order valence-electron chi connectivity index (χ0n) is 15.8. The predicted octanol–water partition coefficient (Wildman–Crippen LogP) is 2.71. The number of nitrogens with zero attached hydrogens (tertiary/aromatic N) is 4. The van der Waals surface area contributed by atoms with Crippen LogP contribution in [0.3, 0.4) is 0 Å². The molecule has 1 aromatic carbocycles. The van der Waals surface area contributed by atoms with Gasteiger partial charge in [0.15, 0.2) is 12.4 Å². The molecule has 0 spiro atoms. The number of nitro benzene ring substituents is 1. The van der Waals surface area contributed by atoms with Crippen LogP contribution in [0, 0.1) is 40.2 Å². The third-order valence-corrected chi connectivity index (χ3v) is 6.18. The summed E-state index contributed by atoms with van der Waals surface area (Å²) in [6.45, 7) is 1.98. The maximum atomic E-state index is 11.7. The maximum absolute atomic E-state index is 11.7. The van der Waals surface area contributed by atoms with Gasteiger partial charge >= 0.3 is 0 Å². The molecule has 0 bridgehead atoms. The summed E-state index contributed by atoms with van der Waals surface area (Å²) in [4.78, 5) is 15.1. The van der Waals surface area contributed by atoms with Gasteiger partial charge in [-0.25, -0.2) is 0 Å². The third-order valence-electron chi connectivity index (χ3n) is 5.84. The fraction of sp³-hybridized carbons (Fsp3) is 0.381. The largest absolute Gasteiger partial charge is 0.764 e. The highest BCUT2D eigenvalue weighted by Gasteiger charge is 2.60. The Morgan fingerprint density at radius 1 is 1.28 bits per heavy atom. The Labute approximate surface area is 173 Å². The molecule has 29 heavy (non-hydrogen) atoms. The highest BCUT2D eigenvalue weighted by molar-refractivity contribution is 7.77. The summed E-state index contributed by atoms with van der Waals surface area (Å²) in [7, 11) is 0. The molecule has 0 radical (unpaired) electrons. The number of benzene rings is 1. The fourth-order valence-corrected chi connectivity index (χ4v) is 4.53. The van der Waals surface area contributed by atoms with Crippen molar-refractivity contribution in [1.82, 2.24) is 0 Å². The molecule has 1 fully saturated rings. The van der Waals surface area contributed by atoms with Crippen molar-refractivity contribution in [3.8, 4) is 6.07 Å². The van der Waals surface area contributed by atoms with Crippen molar-refractivity contribution < 1.29 is 14.6 Å². The summed E-state index contributed by atoms with van der Waals surface area (Å²) < 4.78 is 1.90. The minimum absolute atomic E-state index is 0.0256. The number of aryl methyl sites for hydroxylation is 1. The lowest BCUT2D eigenvalue weighted by Crippen LogP contribution is -2.60. The number of nitro groups is 1. The molecule has 4 rings (SSSR count). The second-order valence-electron chi connectivity index (χ2n) is 7.76. The van der Waals surface area contributed by atoms with Gasteiger partial charge in [-0.05, 0) is 30.9 Å². The minimum Gasteiger partial charge on any atom is -0.764 e. The average molecular weight is 408 g/mol. The summed E-state index contributed by atoms with van der Waals surface area (Å²) in [5.41, 5.74) is 0.346. The van der Waals surface area contributed by atoms with Crippen molar-refractivity contribution in [3.63, 3.8) is 0 Å². The molecule has 0 amide bonds. The predicted molar refractivity (Wildman–Crippen MR) is 108 cm³/mol. The zero-order valence-corrected chi connectivity index (χ0v) is 16.6. The van der Waals surface area contributed by atoms with Crippen molar-refractivity contribution in [3.05, 3.63) is 70.0 Å². The monoisotopic (exact) mass is 408 g/mol. The van der Waals surface area contributed by atoms with Crippen LogP contribution in [0.2, 0.25) is 0 Å². The molecule has 1 aromatic heterocycles. The van der Waals surface area contributed by atoms with Crippen LogP contribution in [-0.4, -0.2) is 20.8 Å². The van der Waals surface area contributed by atoms with Crippen molar-refractivity contribution in [2.24, 2.45) is 16.8 Å². The number of hydrogen-bond donors (Lipinski definition) is 1. The molecule has 1 saturated carbocycles. The summed E-state index contributed by atoms with van der Waals surface area (Å²) in [5.74, 6) is -1.23. The Hall–Kier alpha value is -2.89. The molecule has 4 atom stereocenters. The fourth-order valence-electron chi connectivity index (χ4n) is 4.18. The van der Waals surface area contributed by atoms with Gasteiger partial charge in [-0.1, -0.05) is 17.2 Å². The average Bonchev–Trinajstić information content (AvgIpc) is 3.54. The van der Waals surface area contributed by atoms with E-state index in [1.165, 1.54) is 12.1 Å². The van der Waals surface area contributed by atoms with E-state index in [-0.39, 0.29) is 16.6 Å². The van der Waals surface area contributed by atoms with Crippen LogP contribution in [0.15, 0.2) is 53.8 Å². The number of hydrogen-bond acceptors (Lipinski definition) is 6. The number of aliphatic hydroxyl groups is 1. The van der Waals surface area contributed by atoms with Gasteiger partial charge in [0.05, 0.1) is 22.8 Å².